The van der Waals surface area contributed by atoms with Crippen LogP contribution in [0.1, 0.15) is 122 Å². The van der Waals surface area contributed by atoms with Crippen molar-refractivity contribution in [2.45, 2.75) is 130 Å². The van der Waals surface area contributed by atoms with Crippen molar-refractivity contribution in [3.63, 3.8) is 0 Å². The quantitative estimate of drug-likeness (QED) is 0.177. The first kappa shape index (κ1) is 30.7. The minimum Gasteiger partial charge on any atom is -0.491 e. The molecule has 0 saturated carbocycles. The largest absolute Gasteiger partial charge is 0.491 e. The summed E-state index contributed by atoms with van der Waals surface area (Å²) in [7, 11) is 0. The molecule has 0 heterocycles. The van der Waals surface area contributed by atoms with Gasteiger partial charge in [0.1, 0.15) is 17.2 Å². The van der Waals surface area contributed by atoms with E-state index in [-0.39, 0.29) is 24.1 Å². The summed E-state index contributed by atoms with van der Waals surface area (Å²) in [6.07, 6.45) is 11.2. The van der Waals surface area contributed by atoms with Crippen LogP contribution in [-0.4, -0.2) is 24.1 Å². The first-order valence-electron chi connectivity index (χ1n) is 14.6. The second kappa shape index (κ2) is 17.1. The van der Waals surface area contributed by atoms with Crippen molar-refractivity contribution in [2.75, 3.05) is 0 Å². The van der Waals surface area contributed by atoms with E-state index in [2.05, 4.69) is 47.6 Å². The normalized spacial score (nSPS) is 13.6. The maximum atomic E-state index is 13.3. The summed E-state index contributed by atoms with van der Waals surface area (Å²) in [6, 6.07) is 13.7. The van der Waals surface area contributed by atoms with Gasteiger partial charge in [0.15, 0.2) is 5.78 Å². The average molecular weight is 511 g/mol. The molecule has 37 heavy (non-hydrogen) atoms. The van der Waals surface area contributed by atoms with Crippen LogP contribution in [0.2, 0.25) is 0 Å². The van der Waals surface area contributed by atoms with Crippen LogP contribution in [0.15, 0.2) is 42.5 Å². The highest BCUT2D eigenvalue weighted by Gasteiger charge is 2.17. The monoisotopic (exact) mass is 510 g/mol. The van der Waals surface area contributed by atoms with Gasteiger partial charge in [0.2, 0.25) is 0 Å². The molecule has 4 nitrogen and oxygen atoms in total. The minimum atomic E-state index is 0.0852. The molecule has 0 fully saturated rings. The molecule has 2 rings (SSSR count). The number of para-hydroxylation sites is 1. The summed E-state index contributed by atoms with van der Waals surface area (Å²) in [5.74, 6) is 2.46. The summed E-state index contributed by atoms with van der Waals surface area (Å²) >= 11 is 0. The Kier molecular flexibility index (Phi) is 14.2. The number of unbranched alkanes of at least 4 members (excludes halogenated alkanes) is 3. The Bertz CT molecular complexity index is 922. The van der Waals surface area contributed by atoms with Gasteiger partial charge in [0.25, 0.3) is 0 Å². The van der Waals surface area contributed by atoms with E-state index in [1.54, 1.807) is 0 Å². The van der Waals surface area contributed by atoms with Crippen molar-refractivity contribution >= 4 is 5.78 Å². The highest BCUT2D eigenvalue weighted by molar-refractivity contribution is 5.98. The lowest BCUT2D eigenvalue weighted by Crippen LogP contribution is -2.15. The predicted octanol–water partition coefficient (Wildman–Crippen LogP) is 9.37. The highest BCUT2D eigenvalue weighted by Crippen LogP contribution is 2.30. The zero-order chi connectivity index (χ0) is 27.0. The summed E-state index contributed by atoms with van der Waals surface area (Å²) in [6.45, 7) is 12.9. The van der Waals surface area contributed by atoms with Crippen molar-refractivity contribution < 1.29 is 19.0 Å². The van der Waals surface area contributed by atoms with E-state index < -0.39 is 0 Å². The number of ketones is 1. The topological polar surface area (TPSA) is 44.8 Å². The lowest BCUT2D eigenvalue weighted by molar-refractivity contribution is 0.0975. The zero-order valence-electron chi connectivity index (χ0n) is 24.2. The van der Waals surface area contributed by atoms with E-state index in [4.69, 9.17) is 14.2 Å². The minimum absolute atomic E-state index is 0.0852. The van der Waals surface area contributed by atoms with E-state index in [9.17, 15) is 4.79 Å². The lowest BCUT2D eigenvalue weighted by Gasteiger charge is -2.20. The molecule has 0 aromatic heterocycles. The molecule has 3 atom stereocenters. The number of hydrogen-bond donors (Lipinski definition) is 0. The number of benzene rings is 2. The highest BCUT2D eigenvalue weighted by atomic mass is 16.5. The third kappa shape index (κ3) is 11.2. The Morgan fingerprint density at radius 3 is 1.84 bits per heavy atom. The van der Waals surface area contributed by atoms with Crippen molar-refractivity contribution in [1.29, 1.82) is 0 Å². The summed E-state index contributed by atoms with van der Waals surface area (Å²) < 4.78 is 18.7. The smallest absolute Gasteiger partial charge is 0.166 e. The van der Waals surface area contributed by atoms with Crippen LogP contribution in [0.3, 0.4) is 0 Å². The standard InChI is InChI=1S/C33H50O4/c1-7-10-15-25(4)35-29-21-23-32(36-26(5)16-11-8-2)28(24-29)20-22-31(34)30-18-13-14-19-33(30)37-27(6)17-12-9-3/h13-14,18-19,21,23-27H,7-12,15-17,20,22H2,1-6H3. The number of aryl methyl sites for hydroxylation is 1. The van der Waals surface area contributed by atoms with Crippen LogP contribution in [0.5, 0.6) is 17.2 Å². The molecule has 4 heteroatoms. The van der Waals surface area contributed by atoms with Crippen LogP contribution in [0.4, 0.5) is 0 Å². The molecule has 0 aliphatic rings. The van der Waals surface area contributed by atoms with Crippen molar-refractivity contribution in [1.82, 2.24) is 0 Å². The van der Waals surface area contributed by atoms with Gasteiger partial charge in [-0.05, 0) is 82.3 Å². The van der Waals surface area contributed by atoms with Crippen LogP contribution in [0, 0.1) is 0 Å². The molecule has 0 bridgehead atoms. The Hall–Kier alpha value is -2.49. The van der Waals surface area contributed by atoms with E-state index in [0.29, 0.717) is 24.2 Å². The number of carbonyl (C=O) groups is 1. The van der Waals surface area contributed by atoms with Crippen LogP contribution < -0.4 is 14.2 Å². The van der Waals surface area contributed by atoms with Crippen molar-refractivity contribution in [3.8, 4) is 17.2 Å². The van der Waals surface area contributed by atoms with Gasteiger partial charge in [-0.15, -0.1) is 0 Å². The average Bonchev–Trinajstić information content (AvgIpc) is 2.89. The van der Waals surface area contributed by atoms with Crippen molar-refractivity contribution in [3.05, 3.63) is 53.6 Å². The Morgan fingerprint density at radius 1 is 0.703 bits per heavy atom. The van der Waals surface area contributed by atoms with Gasteiger partial charge in [0, 0.05) is 6.42 Å². The fraction of sp³-hybridized carbons (Fsp3) is 0.606. The molecule has 0 aliphatic heterocycles. The van der Waals surface area contributed by atoms with Gasteiger partial charge in [-0.1, -0.05) is 71.4 Å². The predicted molar refractivity (Wildman–Crippen MR) is 154 cm³/mol. The zero-order valence-corrected chi connectivity index (χ0v) is 24.2. The first-order valence-corrected chi connectivity index (χ1v) is 14.6. The first-order chi connectivity index (χ1) is 17.9. The number of rotatable bonds is 19. The summed E-state index contributed by atoms with van der Waals surface area (Å²) in [4.78, 5) is 13.3. The molecule has 3 unspecified atom stereocenters. The molecule has 0 N–H and O–H groups in total. The SMILES string of the molecule is CCCCC(C)Oc1ccc(OC(C)CCCC)c(CCC(=O)c2ccccc2OC(C)CCCC)c1. The molecule has 206 valence electrons. The Morgan fingerprint density at radius 2 is 1.24 bits per heavy atom. The maximum Gasteiger partial charge on any atom is 0.166 e. The van der Waals surface area contributed by atoms with Crippen molar-refractivity contribution in [2.24, 2.45) is 0 Å². The molecule has 0 amide bonds. The fourth-order valence-corrected chi connectivity index (χ4v) is 4.44. The lowest BCUT2D eigenvalue weighted by atomic mass is 10.0. The molecular weight excluding hydrogens is 460 g/mol. The molecule has 0 radical (unpaired) electrons. The van der Waals surface area contributed by atoms with Gasteiger partial charge in [-0.2, -0.15) is 0 Å². The van der Waals surface area contributed by atoms with E-state index in [1.165, 1.54) is 0 Å². The Labute approximate surface area is 226 Å². The third-order valence-corrected chi connectivity index (χ3v) is 6.73. The van der Waals surface area contributed by atoms with Gasteiger partial charge in [0.05, 0.1) is 23.9 Å². The Balaban J connectivity index is 2.17. The van der Waals surface area contributed by atoms with Crippen LogP contribution >= 0.6 is 0 Å². The molecule has 2 aromatic carbocycles. The summed E-state index contributed by atoms with van der Waals surface area (Å²) in [5, 5.41) is 0. The fourth-order valence-electron chi connectivity index (χ4n) is 4.44. The number of hydrogen-bond acceptors (Lipinski definition) is 4. The molecular formula is C33H50O4. The summed E-state index contributed by atoms with van der Waals surface area (Å²) in [5.41, 5.74) is 1.68. The van der Waals surface area contributed by atoms with Gasteiger partial charge >= 0.3 is 0 Å². The molecule has 2 aromatic rings. The van der Waals surface area contributed by atoms with Crippen LogP contribution in [0.25, 0.3) is 0 Å². The second-order valence-corrected chi connectivity index (χ2v) is 10.4. The van der Waals surface area contributed by atoms with E-state index in [1.807, 2.05) is 36.4 Å². The maximum absolute atomic E-state index is 13.3. The van der Waals surface area contributed by atoms with Gasteiger partial charge in [-0.3, -0.25) is 4.79 Å². The van der Waals surface area contributed by atoms with E-state index in [0.717, 1.165) is 74.8 Å². The number of carbonyl (C=O) groups excluding carboxylic acids is 1. The number of Topliss-reactive ketones (excluding diaryl/α,β-unsaturated/α-hetero) is 1. The van der Waals surface area contributed by atoms with E-state index >= 15 is 0 Å². The third-order valence-electron chi connectivity index (χ3n) is 6.73. The molecule has 0 aliphatic carbocycles. The molecule has 0 spiro atoms. The van der Waals surface area contributed by atoms with Gasteiger partial charge < -0.3 is 14.2 Å². The molecule has 0 saturated heterocycles. The number of ether oxygens (including phenoxy) is 3. The van der Waals surface area contributed by atoms with Crippen LogP contribution in [-0.2, 0) is 6.42 Å². The second-order valence-electron chi connectivity index (χ2n) is 10.4. The van der Waals surface area contributed by atoms with Gasteiger partial charge in [-0.25, -0.2) is 0 Å².